The lowest BCUT2D eigenvalue weighted by molar-refractivity contribution is -0.137. The van der Waals surface area contributed by atoms with E-state index >= 15 is 0 Å². The van der Waals surface area contributed by atoms with E-state index in [1.807, 2.05) is 6.92 Å². The summed E-state index contributed by atoms with van der Waals surface area (Å²) in [6.07, 6.45) is -6.39. The molecule has 21 heavy (non-hydrogen) atoms. The van der Waals surface area contributed by atoms with Gasteiger partial charge in [0.15, 0.2) is 0 Å². The molecule has 0 saturated heterocycles. The summed E-state index contributed by atoms with van der Waals surface area (Å²) in [5.41, 5.74) is -0.645. The van der Waals surface area contributed by atoms with Crippen molar-refractivity contribution in [3.63, 3.8) is 0 Å². The van der Waals surface area contributed by atoms with E-state index in [0.29, 0.717) is 18.7 Å². The van der Waals surface area contributed by atoms with Crippen LogP contribution in [0.3, 0.4) is 0 Å². The van der Waals surface area contributed by atoms with Gasteiger partial charge in [0.25, 0.3) is 6.43 Å². The minimum atomic E-state index is -4.58. The van der Waals surface area contributed by atoms with Crippen LogP contribution >= 0.6 is 0 Å². The average molecular weight is 310 g/mol. The van der Waals surface area contributed by atoms with E-state index in [0.717, 1.165) is 17.4 Å². The van der Waals surface area contributed by atoms with E-state index in [9.17, 15) is 22.0 Å². The second-order valence-corrected chi connectivity index (χ2v) is 4.80. The molecule has 2 nitrogen and oxygen atoms in total. The Morgan fingerprint density at radius 1 is 1.24 bits per heavy atom. The number of anilines is 1. The minimum Gasteiger partial charge on any atom is -0.368 e. The lowest BCUT2D eigenvalue weighted by Crippen LogP contribution is -2.27. The largest absolute Gasteiger partial charge is 0.418 e. The zero-order valence-corrected chi connectivity index (χ0v) is 12.0. The van der Waals surface area contributed by atoms with Crippen LogP contribution in [-0.4, -0.2) is 26.6 Å². The molecule has 1 rings (SSSR count). The third kappa shape index (κ3) is 5.49. The number of halogens is 5. The van der Waals surface area contributed by atoms with E-state index < -0.39 is 24.7 Å². The topological polar surface area (TPSA) is 15.3 Å². The lowest BCUT2D eigenvalue weighted by Gasteiger charge is -2.24. The molecular weight excluding hydrogens is 291 g/mol. The number of alkyl halides is 5. The maximum absolute atomic E-state index is 13.1. The quantitative estimate of drug-likeness (QED) is 0.607. The smallest absolute Gasteiger partial charge is 0.368 e. The summed E-state index contributed by atoms with van der Waals surface area (Å²) in [6, 6.07) is 3.78. The molecule has 1 aromatic carbocycles. The molecule has 0 aromatic heterocycles. The minimum absolute atomic E-state index is 0.234. The number of hydrogen-bond acceptors (Lipinski definition) is 2. The molecule has 0 fully saturated rings. The summed E-state index contributed by atoms with van der Waals surface area (Å²) in [4.78, 5) is 0.927. The van der Waals surface area contributed by atoms with Crippen LogP contribution in [0, 0.1) is 0 Å². The number of rotatable bonds is 7. The Bertz CT molecular complexity index is 445. The molecule has 120 valence electrons. The second kappa shape index (κ2) is 7.59. The van der Waals surface area contributed by atoms with Crippen LogP contribution in [0.5, 0.6) is 0 Å². The molecule has 1 N–H and O–H groups in total. The van der Waals surface area contributed by atoms with Gasteiger partial charge in [0.2, 0.25) is 0 Å². The Labute approximate surface area is 120 Å². The van der Waals surface area contributed by atoms with Gasteiger partial charge < -0.3 is 10.2 Å². The molecule has 0 atom stereocenters. The molecule has 0 radical (unpaired) electrons. The van der Waals surface area contributed by atoms with Crippen LogP contribution in [0.1, 0.15) is 24.5 Å². The molecule has 0 bridgehead atoms. The van der Waals surface area contributed by atoms with Crippen molar-refractivity contribution in [3.05, 3.63) is 29.3 Å². The van der Waals surface area contributed by atoms with Crippen molar-refractivity contribution >= 4 is 5.69 Å². The van der Waals surface area contributed by atoms with E-state index in [4.69, 9.17) is 0 Å². The lowest BCUT2D eigenvalue weighted by atomic mass is 10.1. The monoisotopic (exact) mass is 310 g/mol. The van der Waals surface area contributed by atoms with Crippen molar-refractivity contribution in [1.29, 1.82) is 0 Å². The van der Waals surface area contributed by atoms with Crippen molar-refractivity contribution in [3.8, 4) is 0 Å². The molecule has 0 aliphatic carbocycles. The number of nitrogens with zero attached hydrogens (tertiary/aromatic N) is 1. The number of benzene rings is 1. The van der Waals surface area contributed by atoms with Crippen LogP contribution in [-0.2, 0) is 12.7 Å². The Kier molecular flexibility index (Phi) is 6.39. The van der Waals surface area contributed by atoms with Gasteiger partial charge in [0, 0.05) is 19.3 Å². The fraction of sp³-hybridized carbons (Fsp3) is 0.571. The van der Waals surface area contributed by atoms with Gasteiger partial charge in [-0.1, -0.05) is 13.0 Å². The third-order valence-electron chi connectivity index (χ3n) is 2.95. The van der Waals surface area contributed by atoms with Crippen molar-refractivity contribution in [2.75, 3.05) is 25.0 Å². The normalized spacial score (nSPS) is 12.0. The highest BCUT2D eigenvalue weighted by Gasteiger charge is 2.35. The van der Waals surface area contributed by atoms with Crippen molar-refractivity contribution in [2.24, 2.45) is 0 Å². The van der Waals surface area contributed by atoms with Gasteiger partial charge in [0.05, 0.1) is 12.1 Å². The molecule has 0 heterocycles. The summed E-state index contributed by atoms with van der Waals surface area (Å²) in [5.74, 6) is 0. The van der Waals surface area contributed by atoms with Crippen LogP contribution in [0.25, 0.3) is 0 Å². The van der Waals surface area contributed by atoms with Gasteiger partial charge in [-0.05, 0) is 30.7 Å². The van der Waals surface area contributed by atoms with Crippen LogP contribution in [0.4, 0.5) is 27.6 Å². The summed E-state index contributed by atoms with van der Waals surface area (Å²) in [7, 11) is 1.23. The first-order valence-electron chi connectivity index (χ1n) is 6.65. The summed E-state index contributed by atoms with van der Waals surface area (Å²) in [5, 5.41) is 3.01. The fourth-order valence-electron chi connectivity index (χ4n) is 1.97. The Morgan fingerprint density at radius 3 is 2.43 bits per heavy atom. The van der Waals surface area contributed by atoms with Gasteiger partial charge in [-0.15, -0.1) is 0 Å². The third-order valence-corrected chi connectivity index (χ3v) is 2.95. The predicted octanol–water partition coefficient (Wildman–Crippen LogP) is 3.91. The highest BCUT2D eigenvalue weighted by Crippen LogP contribution is 2.37. The standard InChI is InChI=1S/C14H19F5N2/c1-3-6-20-8-10-4-5-12(21(2)9-13(15)16)11(7-10)14(17,18)19/h4-5,7,13,20H,3,6,8-9H2,1-2H3. The zero-order chi connectivity index (χ0) is 16.0. The predicted molar refractivity (Wildman–Crippen MR) is 72.7 cm³/mol. The van der Waals surface area contributed by atoms with Gasteiger partial charge in [-0.25, -0.2) is 8.78 Å². The van der Waals surface area contributed by atoms with Crippen molar-refractivity contribution in [2.45, 2.75) is 32.5 Å². The first-order chi connectivity index (χ1) is 9.75. The molecule has 0 unspecified atom stereocenters. The molecule has 0 amide bonds. The average Bonchev–Trinajstić information content (AvgIpc) is 2.37. The van der Waals surface area contributed by atoms with Crippen LogP contribution < -0.4 is 10.2 Å². The van der Waals surface area contributed by atoms with Crippen LogP contribution in [0.15, 0.2) is 18.2 Å². The maximum Gasteiger partial charge on any atom is 0.418 e. The highest BCUT2D eigenvalue weighted by atomic mass is 19.4. The van der Waals surface area contributed by atoms with Gasteiger partial charge >= 0.3 is 6.18 Å². The van der Waals surface area contributed by atoms with Gasteiger partial charge in [0.1, 0.15) is 0 Å². The van der Waals surface area contributed by atoms with Crippen LogP contribution in [0.2, 0.25) is 0 Å². The number of nitrogens with one attached hydrogen (secondary N) is 1. The van der Waals surface area contributed by atoms with Crippen molar-refractivity contribution in [1.82, 2.24) is 5.32 Å². The molecular formula is C14H19F5N2. The molecule has 0 saturated carbocycles. The van der Waals surface area contributed by atoms with E-state index in [1.165, 1.54) is 19.2 Å². The molecule has 0 aliphatic rings. The Hall–Kier alpha value is -1.37. The van der Waals surface area contributed by atoms with Crippen molar-refractivity contribution < 1.29 is 22.0 Å². The fourth-order valence-corrected chi connectivity index (χ4v) is 1.97. The van der Waals surface area contributed by atoms with E-state index in [-0.39, 0.29) is 5.69 Å². The maximum atomic E-state index is 13.1. The zero-order valence-electron chi connectivity index (χ0n) is 12.0. The first-order valence-corrected chi connectivity index (χ1v) is 6.65. The molecule has 0 aliphatic heterocycles. The molecule has 1 aromatic rings. The Morgan fingerprint density at radius 2 is 1.90 bits per heavy atom. The second-order valence-electron chi connectivity index (χ2n) is 4.80. The Balaban J connectivity index is 3.02. The van der Waals surface area contributed by atoms with E-state index in [2.05, 4.69) is 5.32 Å². The molecule has 0 spiro atoms. The first kappa shape index (κ1) is 17.7. The summed E-state index contributed by atoms with van der Waals surface area (Å²) < 4.78 is 63.9. The SMILES string of the molecule is CCCNCc1ccc(N(C)CC(F)F)c(C(F)(F)F)c1. The van der Waals surface area contributed by atoms with E-state index in [1.54, 1.807) is 0 Å². The summed E-state index contributed by atoms with van der Waals surface area (Å²) >= 11 is 0. The molecule has 7 heteroatoms. The van der Waals surface area contributed by atoms with Gasteiger partial charge in [-0.2, -0.15) is 13.2 Å². The van der Waals surface area contributed by atoms with Gasteiger partial charge in [-0.3, -0.25) is 0 Å². The number of hydrogen-bond donors (Lipinski definition) is 1. The summed E-state index contributed by atoms with van der Waals surface area (Å²) in [6.45, 7) is 2.23. The highest BCUT2D eigenvalue weighted by molar-refractivity contribution is 5.56.